The summed E-state index contributed by atoms with van der Waals surface area (Å²) >= 11 is 0. The van der Waals surface area contributed by atoms with Crippen molar-refractivity contribution in [3.8, 4) is 0 Å². The summed E-state index contributed by atoms with van der Waals surface area (Å²) in [7, 11) is 1.59. The van der Waals surface area contributed by atoms with Crippen molar-refractivity contribution < 1.29 is 17.9 Å². The zero-order valence-corrected chi connectivity index (χ0v) is 11.5. The molecule has 19 heavy (non-hydrogen) atoms. The van der Waals surface area contributed by atoms with Crippen molar-refractivity contribution in [1.82, 2.24) is 5.32 Å². The van der Waals surface area contributed by atoms with Crippen LogP contribution in [0.25, 0.3) is 0 Å². The predicted molar refractivity (Wildman–Crippen MR) is 68.4 cm³/mol. The molecule has 0 aliphatic heterocycles. The third kappa shape index (κ3) is 3.94. The first-order chi connectivity index (χ1) is 9.02. The van der Waals surface area contributed by atoms with Crippen molar-refractivity contribution in [3.63, 3.8) is 0 Å². The van der Waals surface area contributed by atoms with Gasteiger partial charge in [0.15, 0.2) is 17.5 Å². The Morgan fingerprint density at radius 2 is 1.89 bits per heavy atom. The third-order valence-corrected chi connectivity index (χ3v) is 3.17. The fourth-order valence-corrected chi connectivity index (χ4v) is 2.09. The number of rotatable bonds is 7. The zero-order valence-electron chi connectivity index (χ0n) is 11.5. The first-order valence-electron chi connectivity index (χ1n) is 6.38. The summed E-state index contributed by atoms with van der Waals surface area (Å²) in [6.45, 7) is 4.95. The molecule has 0 bridgehead atoms. The molecule has 0 saturated heterocycles. The van der Waals surface area contributed by atoms with Crippen molar-refractivity contribution in [1.29, 1.82) is 0 Å². The van der Waals surface area contributed by atoms with Crippen LogP contribution in [-0.4, -0.2) is 20.3 Å². The maximum Gasteiger partial charge on any atom is 0.194 e. The van der Waals surface area contributed by atoms with Gasteiger partial charge in [0.05, 0.1) is 0 Å². The van der Waals surface area contributed by atoms with Crippen molar-refractivity contribution >= 4 is 0 Å². The lowest BCUT2D eigenvalue weighted by molar-refractivity contribution is 0.169. The van der Waals surface area contributed by atoms with Crippen LogP contribution in [-0.2, 0) is 4.74 Å². The van der Waals surface area contributed by atoms with Gasteiger partial charge in [-0.15, -0.1) is 0 Å². The number of nitrogens with one attached hydrogen (secondary N) is 1. The third-order valence-electron chi connectivity index (χ3n) is 3.17. The average molecular weight is 275 g/mol. The van der Waals surface area contributed by atoms with Gasteiger partial charge in [-0.25, -0.2) is 13.2 Å². The van der Waals surface area contributed by atoms with Gasteiger partial charge < -0.3 is 10.1 Å². The number of hydrogen-bond acceptors (Lipinski definition) is 2. The van der Waals surface area contributed by atoms with Gasteiger partial charge in [0.2, 0.25) is 0 Å². The molecule has 1 aromatic rings. The van der Waals surface area contributed by atoms with E-state index in [9.17, 15) is 13.2 Å². The quantitative estimate of drug-likeness (QED) is 0.770. The molecule has 0 heterocycles. The van der Waals surface area contributed by atoms with Crippen LogP contribution in [0, 0.1) is 23.4 Å². The van der Waals surface area contributed by atoms with E-state index < -0.39 is 17.5 Å². The van der Waals surface area contributed by atoms with E-state index in [0.29, 0.717) is 19.6 Å². The summed E-state index contributed by atoms with van der Waals surface area (Å²) < 4.78 is 45.1. The molecule has 0 amide bonds. The minimum absolute atomic E-state index is 0.0410. The van der Waals surface area contributed by atoms with Crippen LogP contribution >= 0.6 is 0 Å². The Bertz CT molecular complexity index is 412. The molecule has 2 atom stereocenters. The number of halogens is 3. The maximum absolute atomic E-state index is 13.8. The first kappa shape index (κ1) is 16.0. The Hall–Kier alpha value is -1.07. The topological polar surface area (TPSA) is 21.3 Å². The number of methoxy groups -OCH3 is 1. The van der Waals surface area contributed by atoms with Crippen LogP contribution in [0.2, 0.25) is 0 Å². The van der Waals surface area contributed by atoms with Gasteiger partial charge in [-0.1, -0.05) is 19.9 Å². The van der Waals surface area contributed by atoms with E-state index in [1.165, 1.54) is 6.07 Å². The Morgan fingerprint density at radius 1 is 1.21 bits per heavy atom. The average Bonchev–Trinajstić information content (AvgIpc) is 2.40. The smallest absolute Gasteiger partial charge is 0.194 e. The highest BCUT2D eigenvalue weighted by atomic mass is 19.2. The summed E-state index contributed by atoms with van der Waals surface area (Å²) in [5.74, 6) is -3.66. The van der Waals surface area contributed by atoms with Gasteiger partial charge >= 0.3 is 0 Å². The normalized spacial score (nSPS) is 14.4. The van der Waals surface area contributed by atoms with Crippen LogP contribution in [0.3, 0.4) is 0 Å². The highest BCUT2D eigenvalue weighted by molar-refractivity contribution is 5.24. The van der Waals surface area contributed by atoms with Gasteiger partial charge in [-0.2, -0.15) is 0 Å². The zero-order chi connectivity index (χ0) is 14.4. The van der Waals surface area contributed by atoms with Crippen LogP contribution in [0.1, 0.15) is 31.9 Å². The monoisotopic (exact) mass is 275 g/mol. The molecule has 0 fully saturated rings. The maximum atomic E-state index is 13.8. The molecule has 0 aliphatic carbocycles. The minimum Gasteiger partial charge on any atom is -0.385 e. The van der Waals surface area contributed by atoms with Crippen LogP contribution < -0.4 is 5.32 Å². The van der Waals surface area contributed by atoms with E-state index in [2.05, 4.69) is 5.32 Å². The standard InChI is InChI=1S/C14H20F3NO/c1-4-18-14(9(2)7-8-19-3)10-5-6-11(15)13(17)12(10)16/h5-6,9,14,18H,4,7-8H2,1-3H3. The molecule has 108 valence electrons. The molecule has 0 saturated carbocycles. The summed E-state index contributed by atoms with van der Waals surface area (Å²) in [5.41, 5.74) is 0.157. The van der Waals surface area contributed by atoms with E-state index in [0.717, 1.165) is 6.07 Å². The van der Waals surface area contributed by atoms with E-state index in [4.69, 9.17) is 4.74 Å². The van der Waals surface area contributed by atoms with Gasteiger partial charge in [-0.3, -0.25) is 0 Å². The van der Waals surface area contributed by atoms with E-state index in [1.54, 1.807) is 7.11 Å². The lowest BCUT2D eigenvalue weighted by Gasteiger charge is -2.25. The fourth-order valence-electron chi connectivity index (χ4n) is 2.09. The summed E-state index contributed by atoms with van der Waals surface area (Å²) in [6.07, 6.45) is 0.701. The van der Waals surface area contributed by atoms with Gasteiger partial charge in [0, 0.05) is 25.3 Å². The lowest BCUT2D eigenvalue weighted by Crippen LogP contribution is -2.28. The van der Waals surface area contributed by atoms with E-state index in [-0.39, 0.29) is 17.5 Å². The van der Waals surface area contributed by atoms with Crippen LogP contribution in [0.15, 0.2) is 12.1 Å². The Labute approximate surface area is 112 Å². The number of ether oxygens (including phenoxy) is 1. The lowest BCUT2D eigenvalue weighted by atomic mass is 9.91. The fraction of sp³-hybridized carbons (Fsp3) is 0.571. The Kier molecular flexibility index (Phi) is 6.31. The van der Waals surface area contributed by atoms with Crippen molar-refractivity contribution in [2.45, 2.75) is 26.3 Å². The molecule has 0 spiro atoms. The van der Waals surface area contributed by atoms with Gasteiger partial charge in [-0.05, 0) is 24.9 Å². The van der Waals surface area contributed by atoms with E-state index in [1.807, 2.05) is 13.8 Å². The summed E-state index contributed by atoms with van der Waals surface area (Å²) in [4.78, 5) is 0. The van der Waals surface area contributed by atoms with Crippen molar-refractivity contribution in [2.24, 2.45) is 5.92 Å². The molecule has 0 radical (unpaired) electrons. The SMILES string of the molecule is CCNC(c1ccc(F)c(F)c1F)C(C)CCOC. The second kappa shape index (κ2) is 7.50. The Balaban J connectivity index is 3.01. The molecule has 1 N–H and O–H groups in total. The highest BCUT2D eigenvalue weighted by Crippen LogP contribution is 2.28. The second-order valence-corrected chi connectivity index (χ2v) is 4.56. The molecule has 2 nitrogen and oxygen atoms in total. The van der Waals surface area contributed by atoms with Crippen LogP contribution in [0.5, 0.6) is 0 Å². The first-order valence-corrected chi connectivity index (χ1v) is 6.38. The molecule has 5 heteroatoms. The number of benzene rings is 1. The van der Waals surface area contributed by atoms with Crippen molar-refractivity contribution in [3.05, 3.63) is 35.1 Å². The largest absolute Gasteiger partial charge is 0.385 e. The Morgan fingerprint density at radius 3 is 2.47 bits per heavy atom. The van der Waals surface area contributed by atoms with Crippen LogP contribution in [0.4, 0.5) is 13.2 Å². The summed E-state index contributed by atoms with van der Waals surface area (Å²) in [5, 5.41) is 3.11. The molecule has 1 rings (SSSR count). The molecule has 0 aromatic heterocycles. The molecular weight excluding hydrogens is 255 g/mol. The highest BCUT2D eigenvalue weighted by Gasteiger charge is 2.24. The number of hydrogen-bond donors (Lipinski definition) is 1. The molecule has 0 aliphatic rings. The molecule has 1 aromatic carbocycles. The van der Waals surface area contributed by atoms with E-state index >= 15 is 0 Å². The molecular formula is C14H20F3NO. The molecule has 2 unspecified atom stereocenters. The summed E-state index contributed by atoms with van der Waals surface area (Å²) in [6, 6.07) is 1.89. The van der Waals surface area contributed by atoms with Gasteiger partial charge in [0.25, 0.3) is 0 Å². The predicted octanol–water partition coefficient (Wildman–Crippen LogP) is 3.43. The second-order valence-electron chi connectivity index (χ2n) is 4.56. The van der Waals surface area contributed by atoms with Gasteiger partial charge in [0.1, 0.15) is 0 Å². The van der Waals surface area contributed by atoms with Crippen molar-refractivity contribution in [2.75, 3.05) is 20.3 Å². The minimum atomic E-state index is -1.42.